The molecular weight excluding hydrogens is 332 g/mol. The van der Waals surface area contributed by atoms with Crippen LogP contribution < -0.4 is 10.9 Å². The van der Waals surface area contributed by atoms with Crippen molar-refractivity contribution in [2.75, 3.05) is 5.32 Å². The number of aryl methyl sites for hydroxylation is 2. The third-order valence-electron chi connectivity index (χ3n) is 3.31. The third-order valence-corrected chi connectivity index (χ3v) is 4.08. The third kappa shape index (κ3) is 3.91. The van der Waals surface area contributed by atoms with Crippen molar-refractivity contribution in [2.24, 2.45) is 0 Å². The van der Waals surface area contributed by atoms with E-state index in [9.17, 15) is 4.79 Å². The number of hydrogen-bond donors (Lipinski definition) is 1. The van der Waals surface area contributed by atoms with Crippen LogP contribution >= 0.6 is 15.9 Å². The van der Waals surface area contributed by atoms with Gasteiger partial charge in [-0.15, -0.1) is 0 Å². The molecule has 0 unspecified atom stereocenters. The molecule has 2 aromatic rings. The molecule has 0 amide bonds. The van der Waals surface area contributed by atoms with Gasteiger partial charge in [0.1, 0.15) is 4.47 Å². The van der Waals surface area contributed by atoms with E-state index in [1.807, 2.05) is 19.2 Å². The Kier molecular flexibility index (Phi) is 5.50. The fraction of sp³-hybridized carbons (Fsp3) is 0.400. The normalized spacial score (nSPS) is 10.6. The van der Waals surface area contributed by atoms with Gasteiger partial charge in [-0.1, -0.05) is 13.3 Å². The van der Waals surface area contributed by atoms with E-state index in [4.69, 9.17) is 0 Å². The van der Waals surface area contributed by atoms with Crippen LogP contribution in [0.25, 0.3) is 0 Å². The Morgan fingerprint density at radius 3 is 2.90 bits per heavy atom. The van der Waals surface area contributed by atoms with Gasteiger partial charge < -0.3 is 5.32 Å². The number of anilines is 1. The highest BCUT2D eigenvalue weighted by molar-refractivity contribution is 9.10. The lowest BCUT2D eigenvalue weighted by Gasteiger charge is -2.11. The first-order valence-electron chi connectivity index (χ1n) is 7.02. The number of pyridine rings is 1. The first-order chi connectivity index (χ1) is 10.1. The van der Waals surface area contributed by atoms with Crippen molar-refractivity contribution in [3.05, 3.63) is 50.6 Å². The maximum absolute atomic E-state index is 12.2. The molecular formula is C15H19BrN4O. The highest BCUT2D eigenvalue weighted by atomic mass is 79.9. The zero-order valence-corrected chi connectivity index (χ0v) is 13.9. The number of halogens is 1. The van der Waals surface area contributed by atoms with E-state index in [1.165, 1.54) is 4.68 Å². The minimum Gasteiger partial charge on any atom is -0.379 e. The predicted molar refractivity (Wildman–Crippen MR) is 87.4 cm³/mol. The van der Waals surface area contributed by atoms with Crippen molar-refractivity contribution in [3.8, 4) is 0 Å². The molecule has 5 nitrogen and oxygen atoms in total. The van der Waals surface area contributed by atoms with Crippen LogP contribution in [0.3, 0.4) is 0 Å². The van der Waals surface area contributed by atoms with Crippen LogP contribution in [0.15, 0.2) is 33.9 Å². The fourth-order valence-corrected chi connectivity index (χ4v) is 2.39. The molecule has 0 aliphatic heterocycles. The molecule has 2 heterocycles. The van der Waals surface area contributed by atoms with E-state index in [-0.39, 0.29) is 5.56 Å². The second kappa shape index (κ2) is 7.36. The van der Waals surface area contributed by atoms with E-state index < -0.39 is 0 Å². The van der Waals surface area contributed by atoms with Crippen molar-refractivity contribution in [3.63, 3.8) is 0 Å². The van der Waals surface area contributed by atoms with E-state index in [2.05, 4.69) is 38.3 Å². The summed E-state index contributed by atoms with van der Waals surface area (Å²) in [6.07, 6.45) is 7.26. The molecule has 0 aliphatic carbocycles. The Hall–Kier alpha value is -1.69. The molecule has 0 saturated carbocycles. The summed E-state index contributed by atoms with van der Waals surface area (Å²) in [6, 6.07) is 1.96. The Labute approximate surface area is 132 Å². The lowest BCUT2D eigenvalue weighted by Crippen LogP contribution is -2.24. The lowest BCUT2D eigenvalue weighted by molar-refractivity contribution is 0.541. The van der Waals surface area contributed by atoms with Crippen LogP contribution in [0.2, 0.25) is 0 Å². The first-order valence-corrected chi connectivity index (χ1v) is 7.81. The molecule has 21 heavy (non-hydrogen) atoms. The first kappa shape index (κ1) is 15.7. The van der Waals surface area contributed by atoms with Gasteiger partial charge in [-0.3, -0.25) is 9.78 Å². The zero-order chi connectivity index (χ0) is 15.2. The summed E-state index contributed by atoms with van der Waals surface area (Å²) >= 11 is 3.37. The highest BCUT2D eigenvalue weighted by Gasteiger charge is 2.08. The van der Waals surface area contributed by atoms with Crippen LogP contribution in [-0.2, 0) is 13.1 Å². The van der Waals surface area contributed by atoms with Gasteiger partial charge in [0.2, 0.25) is 0 Å². The average Bonchev–Trinajstić information content (AvgIpc) is 2.49. The maximum atomic E-state index is 12.2. The molecule has 0 fully saturated rings. The summed E-state index contributed by atoms with van der Waals surface area (Å²) in [5.74, 6) is 0. The summed E-state index contributed by atoms with van der Waals surface area (Å²) < 4.78 is 2.02. The number of aromatic nitrogens is 3. The molecule has 2 aromatic heterocycles. The SMILES string of the molecule is CCCCn1ncc(NCc2ccncc2C)c(Br)c1=O. The molecule has 0 saturated heterocycles. The van der Waals surface area contributed by atoms with E-state index >= 15 is 0 Å². The van der Waals surface area contributed by atoms with Gasteiger partial charge >= 0.3 is 0 Å². The van der Waals surface area contributed by atoms with Crippen molar-refractivity contribution >= 4 is 21.6 Å². The van der Waals surface area contributed by atoms with E-state index in [0.717, 1.165) is 24.0 Å². The molecule has 0 aliphatic rings. The monoisotopic (exact) mass is 350 g/mol. The van der Waals surface area contributed by atoms with Gasteiger partial charge in [-0.05, 0) is 46.5 Å². The molecule has 0 spiro atoms. The van der Waals surface area contributed by atoms with Crippen LogP contribution in [0.4, 0.5) is 5.69 Å². The number of nitrogens with one attached hydrogen (secondary N) is 1. The summed E-state index contributed by atoms with van der Waals surface area (Å²) in [5, 5.41) is 7.45. The van der Waals surface area contributed by atoms with E-state index in [1.54, 1.807) is 12.4 Å². The van der Waals surface area contributed by atoms with Crippen molar-refractivity contribution < 1.29 is 0 Å². The number of rotatable bonds is 6. The fourth-order valence-electron chi connectivity index (χ4n) is 1.95. The van der Waals surface area contributed by atoms with Crippen LogP contribution in [0.5, 0.6) is 0 Å². The van der Waals surface area contributed by atoms with Gasteiger partial charge in [0.05, 0.1) is 11.9 Å². The minimum absolute atomic E-state index is 0.0973. The molecule has 0 atom stereocenters. The lowest BCUT2D eigenvalue weighted by atomic mass is 10.1. The van der Waals surface area contributed by atoms with Gasteiger partial charge in [-0.25, -0.2) is 4.68 Å². The minimum atomic E-state index is -0.0973. The molecule has 6 heteroatoms. The van der Waals surface area contributed by atoms with Gasteiger partial charge in [0, 0.05) is 25.5 Å². The summed E-state index contributed by atoms with van der Waals surface area (Å²) in [4.78, 5) is 16.2. The highest BCUT2D eigenvalue weighted by Crippen LogP contribution is 2.18. The average molecular weight is 351 g/mol. The maximum Gasteiger partial charge on any atom is 0.283 e. The van der Waals surface area contributed by atoms with Crippen molar-refractivity contribution in [2.45, 2.75) is 39.8 Å². The summed E-state index contributed by atoms with van der Waals surface area (Å²) in [6.45, 7) is 5.39. The number of hydrogen-bond acceptors (Lipinski definition) is 4. The number of unbranched alkanes of at least 4 members (excludes halogenated alkanes) is 1. The van der Waals surface area contributed by atoms with Gasteiger partial charge in [0.25, 0.3) is 5.56 Å². The summed E-state index contributed by atoms with van der Waals surface area (Å²) in [5.41, 5.74) is 2.88. The predicted octanol–water partition coefficient (Wildman–Crippen LogP) is 3.12. The second-order valence-electron chi connectivity index (χ2n) is 4.91. The van der Waals surface area contributed by atoms with Crippen LogP contribution in [0, 0.1) is 6.92 Å². The van der Waals surface area contributed by atoms with Crippen molar-refractivity contribution in [1.29, 1.82) is 0 Å². The molecule has 0 bridgehead atoms. The van der Waals surface area contributed by atoms with Gasteiger partial charge in [0.15, 0.2) is 0 Å². The number of nitrogens with zero attached hydrogens (tertiary/aromatic N) is 3. The van der Waals surface area contributed by atoms with Gasteiger partial charge in [-0.2, -0.15) is 5.10 Å². The Balaban J connectivity index is 2.13. The standard InChI is InChI=1S/C15H19BrN4O/c1-3-4-7-20-15(21)14(16)13(10-19-20)18-9-12-5-6-17-8-11(12)2/h5-6,8,10,18H,3-4,7,9H2,1-2H3. The molecule has 2 rings (SSSR count). The quantitative estimate of drug-likeness (QED) is 0.869. The second-order valence-corrected chi connectivity index (χ2v) is 5.70. The molecule has 1 N–H and O–H groups in total. The topological polar surface area (TPSA) is 59.8 Å². The Bertz CT molecular complexity index is 669. The van der Waals surface area contributed by atoms with E-state index in [0.29, 0.717) is 23.2 Å². The molecule has 112 valence electrons. The summed E-state index contributed by atoms with van der Waals surface area (Å²) in [7, 11) is 0. The van der Waals surface area contributed by atoms with Crippen molar-refractivity contribution in [1.82, 2.24) is 14.8 Å². The largest absolute Gasteiger partial charge is 0.379 e. The zero-order valence-electron chi connectivity index (χ0n) is 12.3. The molecule has 0 radical (unpaired) electrons. The smallest absolute Gasteiger partial charge is 0.283 e. The van der Waals surface area contributed by atoms with Crippen LogP contribution in [0.1, 0.15) is 30.9 Å². The Morgan fingerprint density at radius 1 is 1.38 bits per heavy atom. The Morgan fingerprint density at radius 2 is 2.19 bits per heavy atom. The van der Waals surface area contributed by atoms with Crippen LogP contribution in [-0.4, -0.2) is 14.8 Å². The molecule has 0 aromatic carbocycles.